The largest absolute Gasteiger partial charge is 0.480 e. The Kier molecular flexibility index (Phi) is 4.93. The highest BCUT2D eigenvalue weighted by Gasteiger charge is 2.35. The number of amides is 2. The van der Waals surface area contributed by atoms with E-state index in [1.807, 2.05) is 24.3 Å². The Bertz CT molecular complexity index is 526. The van der Waals surface area contributed by atoms with Crippen LogP contribution in [0.25, 0.3) is 0 Å². The first kappa shape index (κ1) is 15.2. The number of aliphatic carboxylic acids is 1. The number of thioether (sulfide) groups is 1. The van der Waals surface area contributed by atoms with Crippen LogP contribution in [0.4, 0.5) is 4.79 Å². The number of benzene rings is 1. The van der Waals surface area contributed by atoms with Crippen LogP contribution in [0.1, 0.15) is 5.56 Å². The van der Waals surface area contributed by atoms with Crippen LogP contribution in [-0.4, -0.2) is 51.6 Å². The summed E-state index contributed by atoms with van der Waals surface area (Å²) in [5.41, 5.74) is 0.988. The molecule has 2 amide bonds. The number of rotatable bonds is 3. The van der Waals surface area contributed by atoms with Gasteiger partial charge in [0.1, 0.15) is 6.04 Å². The summed E-state index contributed by atoms with van der Waals surface area (Å²) in [5.74, 6) is -0.0716. The molecule has 1 saturated heterocycles. The van der Waals surface area contributed by atoms with E-state index < -0.39 is 12.0 Å². The second-order valence-electron chi connectivity index (χ2n) is 4.55. The zero-order valence-corrected chi connectivity index (χ0v) is 13.4. The minimum Gasteiger partial charge on any atom is -0.480 e. The Morgan fingerprint density at radius 1 is 1.50 bits per heavy atom. The van der Waals surface area contributed by atoms with Gasteiger partial charge in [-0.3, -0.25) is 0 Å². The summed E-state index contributed by atoms with van der Waals surface area (Å²) in [7, 11) is 1.68. The minimum atomic E-state index is -0.947. The lowest BCUT2D eigenvalue weighted by atomic mass is 10.2. The summed E-state index contributed by atoms with van der Waals surface area (Å²) in [6.45, 7) is 0.438. The number of carboxylic acid groups (broad SMARTS) is 1. The molecule has 2 rings (SSSR count). The van der Waals surface area contributed by atoms with Crippen LogP contribution in [0.2, 0.25) is 0 Å². The molecule has 108 valence electrons. The van der Waals surface area contributed by atoms with Gasteiger partial charge >= 0.3 is 12.0 Å². The molecule has 1 aliphatic heterocycles. The van der Waals surface area contributed by atoms with Crippen molar-refractivity contribution in [1.82, 2.24) is 9.80 Å². The topological polar surface area (TPSA) is 60.9 Å². The van der Waals surface area contributed by atoms with Gasteiger partial charge in [0.05, 0.1) is 5.88 Å². The number of carbonyl (C=O) groups excluding carboxylic acids is 1. The quantitative estimate of drug-likeness (QED) is 0.901. The van der Waals surface area contributed by atoms with E-state index in [9.17, 15) is 9.59 Å². The van der Waals surface area contributed by atoms with Gasteiger partial charge in [0.15, 0.2) is 0 Å². The predicted molar refractivity (Wildman–Crippen MR) is 81.6 cm³/mol. The molecule has 0 saturated carbocycles. The van der Waals surface area contributed by atoms with Gasteiger partial charge in [-0.2, -0.15) is 0 Å². The summed E-state index contributed by atoms with van der Waals surface area (Å²) in [6, 6.07) is 6.69. The molecular weight excluding hydrogens is 344 g/mol. The van der Waals surface area contributed by atoms with E-state index in [1.165, 1.54) is 16.7 Å². The average molecular weight is 359 g/mol. The number of carboxylic acids is 1. The number of carbonyl (C=O) groups is 2. The van der Waals surface area contributed by atoms with Crippen LogP contribution in [0, 0.1) is 0 Å². The normalized spacial score (nSPS) is 18.1. The third kappa shape index (κ3) is 3.27. The van der Waals surface area contributed by atoms with E-state index in [4.69, 9.17) is 5.11 Å². The lowest BCUT2D eigenvalue weighted by Crippen LogP contribution is -2.47. The molecule has 1 N–H and O–H groups in total. The molecule has 1 aromatic rings. The van der Waals surface area contributed by atoms with E-state index in [-0.39, 0.29) is 6.03 Å². The standard InChI is InChI=1S/C13H15BrN2O3S/c1-15(6-9-4-2-3-5-10(9)14)13(19)16-8-20-7-11(16)12(17)18/h2-5,11H,6-8H2,1H3,(H,17,18)/t11-/m0/s1. The van der Waals surface area contributed by atoms with Crippen LogP contribution < -0.4 is 0 Å². The van der Waals surface area contributed by atoms with Crippen molar-refractivity contribution in [3.8, 4) is 0 Å². The Labute approximate surface area is 130 Å². The third-order valence-electron chi connectivity index (χ3n) is 3.10. The fraction of sp³-hybridized carbons (Fsp3) is 0.385. The lowest BCUT2D eigenvalue weighted by Gasteiger charge is -2.27. The smallest absolute Gasteiger partial charge is 0.327 e. The molecule has 0 radical (unpaired) electrons. The third-order valence-corrected chi connectivity index (χ3v) is 4.89. The highest BCUT2D eigenvalue weighted by Crippen LogP contribution is 2.23. The number of hydrogen-bond acceptors (Lipinski definition) is 3. The zero-order chi connectivity index (χ0) is 14.7. The summed E-state index contributed by atoms with van der Waals surface area (Å²) in [5, 5.41) is 9.11. The van der Waals surface area contributed by atoms with E-state index in [0.29, 0.717) is 18.2 Å². The van der Waals surface area contributed by atoms with Crippen molar-refractivity contribution in [1.29, 1.82) is 0 Å². The van der Waals surface area contributed by atoms with Crippen LogP contribution in [0.15, 0.2) is 28.7 Å². The Morgan fingerprint density at radius 2 is 2.20 bits per heavy atom. The molecule has 0 bridgehead atoms. The Balaban J connectivity index is 2.05. The molecule has 1 fully saturated rings. The molecule has 0 aliphatic carbocycles. The first-order valence-corrected chi connectivity index (χ1v) is 8.01. The molecule has 1 aromatic carbocycles. The Hall–Kier alpha value is -1.21. The van der Waals surface area contributed by atoms with Crippen molar-refractivity contribution in [3.63, 3.8) is 0 Å². The summed E-state index contributed by atoms with van der Waals surface area (Å²) < 4.78 is 0.935. The first-order chi connectivity index (χ1) is 9.50. The highest BCUT2D eigenvalue weighted by atomic mass is 79.9. The second-order valence-corrected chi connectivity index (χ2v) is 6.41. The highest BCUT2D eigenvalue weighted by molar-refractivity contribution is 9.10. The zero-order valence-electron chi connectivity index (χ0n) is 11.0. The van der Waals surface area contributed by atoms with Crippen LogP contribution in [-0.2, 0) is 11.3 Å². The molecule has 0 spiro atoms. The van der Waals surface area contributed by atoms with Crippen LogP contribution in [0.5, 0.6) is 0 Å². The van der Waals surface area contributed by atoms with Crippen molar-refractivity contribution in [2.45, 2.75) is 12.6 Å². The molecule has 1 aliphatic rings. The number of hydrogen-bond donors (Lipinski definition) is 1. The maximum atomic E-state index is 12.3. The maximum Gasteiger partial charge on any atom is 0.327 e. The van der Waals surface area contributed by atoms with E-state index in [0.717, 1.165) is 10.0 Å². The van der Waals surface area contributed by atoms with Gasteiger partial charge in [-0.25, -0.2) is 9.59 Å². The van der Waals surface area contributed by atoms with Gasteiger partial charge < -0.3 is 14.9 Å². The van der Waals surface area contributed by atoms with Crippen molar-refractivity contribution in [2.24, 2.45) is 0 Å². The van der Waals surface area contributed by atoms with Crippen molar-refractivity contribution < 1.29 is 14.7 Å². The average Bonchev–Trinajstić information content (AvgIpc) is 2.89. The molecule has 1 atom stereocenters. The lowest BCUT2D eigenvalue weighted by molar-refractivity contribution is -0.140. The monoisotopic (exact) mass is 358 g/mol. The summed E-state index contributed by atoms with van der Waals surface area (Å²) >= 11 is 4.90. The fourth-order valence-corrected chi connectivity index (χ4v) is 3.55. The van der Waals surface area contributed by atoms with Crippen molar-refractivity contribution in [2.75, 3.05) is 18.7 Å². The van der Waals surface area contributed by atoms with Crippen molar-refractivity contribution in [3.05, 3.63) is 34.3 Å². The molecule has 20 heavy (non-hydrogen) atoms. The summed E-state index contributed by atoms with van der Waals surface area (Å²) in [6.07, 6.45) is 0. The fourth-order valence-electron chi connectivity index (χ4n) is 2.00. The van der Waals surface area contributed by atoms with Gasteiger partial charge in [-0.05, 0) is 11.6 Å². The van der Waals surface area contributed by atoms with E-state index in [2.05, 4.69) is 15.9 Å². The van der Waals surface area contributed by atoms with Gasteiger partial charge in [0.2, 0.25) is 0 Å². The first-order valence-electron chi connectivity index (χ1n) is 6.06. The van der Waals surface area contributed by atoms with Crippen LogP contribution >= 0.6 is 27.7 Å². The van der Waals surface area contributed by atoms with E-state index >= 15 is 0 Å². The van der Waals surface area contributed by atoms with Gasteiger partial charge in [-0.1, -0.05) is 34.1 Å². The molecular formula is C13H15BrN2O3S. The minimum absolute atomic E-state index is 0.252. The number of nitrogens with zero attached hydrogens (tertiary/aromatic N) is 2. The van der Waals surface area contributed by atoms with Gasteiger partial charge in [0, 0.05) is 23.8 Å². The molecule has 0 aromatic heterocycles. The van der Waals surface area contributed by atoms with Gasteiger partial charge in [-0.15, -0.1) is 11.8 Å². The summed E-state index contributed by atoms with van der Waals surface area (Å²) in [4.78, 5) is 26.4. The predicted octanol–water partition coefficient (Wildman–Crippen LogP) is 2.46. The van der Waals surface area contributed by atoms with E-state index in [1.54, 1.807) is 11.9 Å². The molecule has 5 nitrogen and oxygen atoms in total. The molecule has 0 unspecified atom stereocenters. The number of halogens is 1. The molecule has 1 heterocycles. The molecule has 7 heteroatoms. The van der Waals surface area contributed by atoms with Crippen LogP contribution in [0.3, 0.4) is 0 Å². The SMILES string of the molecule is CN(Cc1ccccc1Br)C(=O)N1CSC[C@H]1C(=O)O. The number of urea groups is 1. The maximum absolute atomic E-state index is 12.3. The second kappa shape index (κ2) is 6.49. The Morgan fingerprint density at radius 3 is 2.85 bits per heavy atom. The van der Waals surface area contributed by atoms with Crippen molar-refractivity contribution >= 4 is 39.7 Å². The van der Waals surface area contributed by atoms with Gasteiger partial charge in [0.25, 0.3) is 0 Å².